The Bertz CT molecular complexity index is 802. The average molecular weight is 410 g/mol. The summed E-state index contributed by atoms with van der Waals surface area (Å²) < 4.78 is 18.8. The molecule has 0 saturated carbocycles. The molecule has 0 spiro atoms. The van der Waals surface area contributed by atoms with Gasteiger partial charge in [0, 0.05) is 26.7 Å². The van der Waals surface area contributed by atoms with E-state index in [1.54, 1.807) is 38.3 Å². The van der Waals surface area contributed by atoms with Crippen LogP contribution >= 0.6 is 12.4 Å². The second kappa shape index (κ2) is 12.1. The third kappa shape index (κ3) is 6.60. The SMILES string of the molecule is COCCNCCNC(=O)c1cccc(C)c1NC(=O)c1ccccc1F.Cl. The fraction of sp³-hybridized carbons (Fsp3) is 0.300. The van der Waals surface area contributed by atoms with Gasteiger partial charge in [0.05, 0.1) is 23.4 Å². The second-order valence-electron chi connectivity index (χ2n) is 5.93. The van der Waals surface area contributed by atoms with Crippen molar-refractivity contribution in [2.75, 3.05) is 38.7 Å². The molecule has 2 aromatic carbocycles. The number of anilines is 1. The molecule has 0 unspecified atom stereocenters. The minimum atomic E-state index is -0.614. The Morgan fingerprint density at radius 1 is 0.964 bits per heavy atom. The van der Waals surface area contributed by atoms with Crippen LogP contribution in [0.25, 0.3) is 0 Å². The fourth-order valence-electron chi connectivity index (χ4n) is 2.51. The van der Waals surface area contributed by atoms with E-state index >= 15 is 0 Å². The van der Waals surface area contributed by atoms with Crippen LogP contribution in [0.2, 0.25) is 0 Å². The number of methoxy groups -OCH3 is 1. The molecule has 0 aliphatic heterocycles. The van der Waals surface area contributed by atoms with Gasteiger partial charge in [-0.2, -0.15) is 0 Å². The van der Waals surface area contributed by atoms with Gasteiger partial charge in [-0.15, -0.1) is 12.4 Å². The van der Waals surface area contributed by atoms with Gasteiger partial charge in [-0.05, 0) is 30.7 Å². The number of para-hydroxylation sites is 1. The molecule has 0 aliphatic carbocycles. The van der Waals surface area contributed by atoms with Crippen molar-refractivity contribution < 1.29 is 18.7 Å². The Hall–Kier alpha value is -2.48. The summed E-state index contributed by atoms with van der Waals surface area (Å²) in [7, 11) is 1.62. The number of rotatable bonds is 9. The predicted octanol–water partition coefficient (Wildman–Crippen LogP) is 2.77. The molecule has 2 aromatic rings. The Morgan fingerprint density at radius 3 is 2.39 bits per heavy atom. The first kappa shape index (κ1) is 23.6. The molecule has 2 rings (SSSR count). The molecule has 0 aromatic heterocycles. The lowest BCUT2D eigenvalue weighted by Gasteiger charge is -2.14. The van der Waals surface area contributed by atoms with Gasteiger partial charge in [0.15, 0.2) is 0 Å². The fourth-order valence-corrected chi connectivity index (χ4v) is 2.51. The summed E-state index contributed by atoms with van der Waals surface area (Å²) in [5, 5.41) is 8.59. The van der Waals surface area contributed by atoms with Gasteiger partial charge in [0.25, 0.3) is 11.8 Å². The molecule has 0 saturated heterocycles. The first-order chi connectivity index (χ1) is 13.0. The predicted molar refractivity (Wildman–Crippen MR) is 110 cm³/mol. The minimum absolute atomic E-state index is 0. The van der Waals surface area contributed by atoms with E-state index in [0.29, 0.717) is 43.1 Å². The van der Waals surface area contributed by atoms with E-state index < -0.39 is 11.7 Å². The van der Waals surface area contributed by atoms with Crippen LogP contribution in [0.5, 0.6) is 0 Å². The minimum Gasteiger partial charge on any atom is -0.383 e. The zero-order chi connectivity index (χ0) is 19.6. The number of halogens is 2. The Labute approximate surface area is 170 Å². The van der Waals surface area contributed by atoms with Gasteiger partial charge in [-0.1, -0.05) is 24.3 Å². The van der Waals surface area contributed by atoms with Crippen LogP contribution in [0.15, 0.2) is 42.5 Å². The maximum atomic E-state index is 13.8. The lowest BCUT2D eigenvalue weighted by molar-refractivity contribution is 0.0954. The zero-order valence-electron chi connectivity index (χ0n) is 15.9. The summed E-state index contributed by atoms with van der Waals surface area (Å²) in [6.45, 7) is 4.09. The van der Waals surface area contributed by atoms with E-state index in [1.165, 1.54) is 18.2 Å². The third-order valence-corrected chi connectivity index (χ3v) is 3.94. The quantitative estimate of drug-likeness (QED) is 0.556. The number of hydrogen-bond acceptors (Lipinski definition) is 4. The third-order valence-electron chi connectivity index (χ3n) is 3.94. The number of hydrogen-bond donors (Lipinski definition) is 3. The highest BCUT2D eigenvalue weighted by Crippen LogP contribution is 2.22. The first-order valence-corrected chi connectivity index (χ1v) is 8.68. The molecule has 0 heterocycles. The smallest absolute Gasteiger partial charge is 0.258 e. The first-order valence-electron chi connectivity index (χ1n) is 8.68. The highest BCUT2D eigenvalue weighted by molar-refractivity contribution is 6.09. The standard InChI is InChI=1S/C20H24FN3O3.ClH/c1-14-6-5-8-16(19(25)23-11-10-22-12-13-27-2)18(14)24-20(26)15-7-3-4-9-17(15)21;/h3-9,22H,10-13H2,1-2H3,(H,23,25)(H,24,26);1H. The number of carbonyl (C=O) groups excluding carboxylic acids is 2. The van der Waals surface area contributed by atoms with E-state index in [-0.39, 0.29) is 23.9 Å². The Balaban J connectivity index is 0.00000392. The molecule has 2 amide bonds. The number of amides is 2. The second-order valence-corrected chi connectivity index (χ2v) is 5.93. The van der Waals surface area contributed by atoms with Crippen molar-refractivity contribution in [3.8, 4) is 0 Å². The maximum Gasteiger partial charge on any atom is 0.258 e. The summed E-state index contributed by atoms with van der Waals surface area (Å²) in [5.74, 6) is -1.52. The van der Waals surface area contributed by atoms with Crippen LogP contribution in [0.1, 0.15) is 26.3 Å². The zero-order valence-corrected chi connectivity index (χ0v) is 16.7. The monoisotopic (exact) mass is 409 g/mol. The maximum absolute atomic E-state index is 13.8. The van der Waals surface area contributed by atoms with Gasteiger partial charge in [0.2, 0.25) is 0 Å². The van der Waals surface area contributed by atoms with Crippen molar-refractivity contribution in [3.63, 3.8) is 0 Å². The summed E-state index contributed by atoms with van der Waals surface area (Å²) >= 11 is 0. The largest absolute Gasteiger partial charge is 0.383 e. The highest BCUT2D eigenvalue weighted by Gasteiger charge is 2.17. The lowest BCUT2D eigenvalue weighted by atomic mass is 10.1. The molecule has 0 bridgehead atoms. The van der Waals surface area contributed by atoms with E-state index in [1.807, 2.05) is 0 Å². The van der Waals surface area contributed by atoms with Crippen molar-refractivity contribution in [1.29, 1.82) is 0 Å². The molecule has 152 valence electrons. The normalized spacial score (nSPS) is 10.1. The Morgan fingerprint density at radius 2 is 1.68 bits per heavy atom. The molecule has 28 heavy (non-hydrogen) atoms. The van der Waals surface area contributed by atoms with E-state index in [9.17, 15) is 14.0 Å². The van der Waals surface area contributed by atoms with Gasteiger partial charge >= 0.3 is 0 Å². The van der Waals surface area contributed by atoms with Crippen LogP contribution in [0.4, 0.5) is 10.1 Å². The van der Waals surface area contributed by atoms with Gasteiger partial charge < -0.3 is 20.7 Å². The van der Waals surface area contributed by atoms with Crippen LogP contribution < -0.4 is 16.0 Å². The molecular formula is C20H25ClFN3O3. The molecular weight excluding hydrogens is 385 g/mol. The van der Waals surface area contributed by atoms with Crippen LogP contribution in [-0.2, 0) is 4.74 Å². The van der Waals surface area contributed by atoms with E-state index in [0.717, 1.165) is 0 Å². The Kier molecular flexibility index (Phi) is 10.2. The van der Waals surface area contributed by atoms with Gasteiger partial charge in [-0.25, -0.2) is 4.39 Å². The topological polar surface area (TPSA) is 79.5 Å². The number of aryl methyl sites for hydroxylation is 1. The number of nitrogens with one attached hydrogen (secondary N) is 3. The van der Waals surface area contributed by atoms with Crippen molar-refractivity contribution in [2.24, 2.45) is 0 Å². The van der Waals surface area contributed by atoms with Crippen molar-refractivity contribution >= 4 is 29.9 Å². The summed E-state index contributed by atoms with van der Waals surface area (Å²) in [6.07, 6.45) is 0. The molecule has 0 aliphatic rings. The average Bonchev–Trinajstić information content (AvgIpc) is 2.66. The molecule has 6 nitrogen and oxygen atoms in total. The summed E-state index contributed by atoms with van der Waals surface area (Å²) in [5.41, 5.74) is 1.34. The number of benzene rings is 2. The highest BCUT2D eigenvalue weighted by atomic mass is 35.5. The molecule has 8 heteroatoms. The molecule has 0 radical (unpaired) electrons. The van der Waals surface area contributed by atoms with Gasteiger partial charge in [0.1, 0.15) is 5.82 Å². The van der Waals surface area contributed by atoms with Crippen LogP contribution in [0.3, 0.4) is 0 Å². The van der Waals surface area contributed by atoms with Crippen molar-refractivity contribution in [3.05, 3.63) is 65.0 Å². The van der Waals surface area contributed by atoms with E-state index in [4.69, 9.17) is 4.74 Å². The lowest BCUT2D eigenvalue weighted by Crippen LogP contribution is -2.33. The van der Waals surface area contributed by atoms with Crippen LogP contribution in [-0.4, -0.2) is 45.2 Å². The molecule has 3 N–H and O–H groups in total. The summed E-state index contributed by atoms with van der Waals surface area (Å²) in [6, 6.07) is 10.8. The van der Waals surface area contributed by atoms with E-state index in [2.05, 4.69) is 16.0 Å². The van der Waals surface area contributed by atoms with Crippen molar-refractivity contribution in [1.82, 2.24) is 10.6 Å². The summed E-state index contributed by atoms with van der Waals surface area (Å²) in [4.78, 5) is 24.9. The van der Waals surface area contributed by atoms with Crippen molar-refractivity contribution in [2.45, 2.75) is 6.92 Å². The molecule has 0 fully saturated rings. The molecule has 0 atom stereocenters. The number of ether oxygens (including phenoxy) is 1. The van der Waals surface area contributed by atoms with Gasteiger partial charge in [-0.3, -0.25) is 9.59 Å². The number of carbonyl (C=O) groups is 2. The van der Waals surface area contributed by atoms with Crippen LogP contribution in [0, 0.1) is 12.7 Å².